The molecule has 0 saturated carbocycles. The number of furan rings is 1. The lowest BCUT2D eigenvalue weighted by Gasteiger charge is -2.26. The lowest BCUT2D eigenvalue weighted by molar-refractivity contribution is -0.117. The summed E-state index contributed by atoms with van der Waals surface area (Å²) in [5, 5.41) is 16.9. The first-order chi connectivity index (χ1) is 17.6. The Morgan fingerprint density at radius 1 is 1.19 bits per heavy atom. The van der Waals surface area contributed by atoms with Crippen molar-refractivity contribution >= 4 is 50.0 Å². The van der Waals surface area contributed by atoms with E-state index < -0.39 is 33.5 Å². The number of sulfonamides is 1. The fraction of sp³-hybridized carbons (Fsp3) is 0.0800. The zero-order chi connectivity index (χ0) is 26.5. The second-order valence-corrected chi connectivity index (χ2v) is 10.1. The van der Waals surface area contributed by atoms with Crippen molar-refractivity contribution in [3.05, 3.63) is 94.7 Å². The predicted molar refractivity (Wildman–Crippen MR) is 134 cm³/mol. The van der Waals surface area contributed by atoms with Crippen molar-refractivity contribution in [2.45, 2.75) is 10.9 Å². The number of benzene rings is 2. The van der Waals surface area contributed by atoms with Crippen molar-refractivity contribution in [1.82, 2.24) is 4.98 Å². The molecule has 0 saturated heterocycles. The van der Waals surface area contributed by atoms with Crippen LogP contribution in [0.2, 0.25) is 5.02 Å². The van der Waals surface area contributed by atoms with E-state index in [4.69, 9.17) is 25.9 Å². The first-order valence-corrected chi connectivity index (χ1v) is 12.6. The van der Waals surface area contributed by atoms with E-state index in [1.54, 1.807) is 18.2 Å². The smallest absolute Gasteiger partial charge is 0.294 e. The van der Waals surface area contributed by atoms with Gasteiger partial charge in [0.2, 0.25) is 15.8 Å². The molecule has 12 heteroatoms. The number of ketones is 1. The summed E-state index contributed by atoms with van der Waals surface area (Å²) >= 11 is 6.13. The van der Waals surface area contributed by atoms with Gasteiger partial charge in [0, 0.05) is 34.6 Å². The number of rotatable bonds is 6. The van der Waals surface area contributed by atoms with Gasteiger partial charge in [0.15, 0.2) is 22.9 Å². The van der Waals surface area contributed by atoms with Gasteiger partial charge in [-0.1, -0.05) is 17.7 Å². The Morgan fingerprint density at radius 2 is 1.92 bits per heavy atom. The highest BCUT2D eigenvalue weighted by atomic mass is 35.5. The van der Waals surface area contributed by atoms with E-state index in [1.807, 2.05) is 0 Å². The van der Waals surface area contributed by atoms with Crippen LogP contribution in [-0.2, 0) is 14.8 Å². The first-order valence-electron chi connectivity index (χ1n) is 10.7. The van der Waals surface area contributed by atoms with Crippen LogP contribution < -0.4 is 14.8 Å². The summed E-state index contributed by atoms with van der Waals surface area (Å²) in [5.41, 5.74) is 0.680. The average Bonchev–Trinajstić information content (AvgIpc) is 3.42. The molecule has 1 atom stereocenters. The number of aliphatic hydroxyl groups is 1. The molecule has 4 aromatic rings. The number of ether oxygens (including phenoxy) is 1. The quantitative estimate of drug-likeness (QED) is 0.349. The number of primary sulfonamides is 1. The van der Waals surface area contributed by atoms with E-state index in [-0.39, 0.29) is 27.5 Å². The number of methoxy groups -OCH3 is 1. The maximum absolute atomic E-state index is 13.7. The minimum absolute atomic E-state index is 0.148. The number of pyridine rings is 1. The third kappa shape index (κ3) is 4.22. The van der Waals surface area contributed by atoms with Crippen molar-refractivity contribution in [3.8, 4) is 5.75 Å². The number of nitrogens with zero attached hydrogens (tertiary/aromatic N) is 2. The number of amides is 1. The van der Waals surface area contributed by atoms with Crippen LogP contribution in [0.15, 0.2) is 87.6 Å². The summed E-state index contributed by atoms with van der Waals surface area (Å²) in [6.07, 6.45) is 2.98. The van der Waals surface area contributed by atoms with Crippen LogP contribution >= 0.6 is 11.6 Å². The first kappa shape index (κ1) is 24.5. The van der Waals surface area contributed by atoms with Crippen molar-refractivity contribution in [3.63, 3.8) is 0 Å². The molecular formula is C25H18ClN3O7S. The number of carbonyl (C=O) groups excluding carboxylic acids is 2. The Kier molecular flexibility index (Phi) is 5.98. The number of carbonyl (C=O) groups is 2. The van der Waals surface area contributed by atoms with Crippen molar-refractivity contribution < 1.29 is 32.3 Å². The maximum Gasteiger partial charge on any atom is 0.294 e. The van der Waals surface area contributed by atoms with Gasteiger partial charge in [0.25, 0.3) is 5.91 Å². The Balaban J connectivity index is 1.64. The molecule has 0 spiro atoms. The highest BCUT2D eigenvalue weighted by molar-refractivity contribution is 7.89. The van der Waals surface area contributed by atoms with E-state index >= 15 is 0 Å². The molecule has 188 valence electrons. The molecule has 1 aliphatic rings. The number of Topliss-reactive ketones (excluding diaryl/α,β-unsaturated/α-hetero) is 1. The number of fused-ring (bicyclic) bond motifs is 1. The third-order valence-electron chi connectivity index (χ3n) is 5.89. The predicted octanol–water partition coefficient (Wildman–Crippen LogP) is 3.92. The Bertz CT molecular complexity index is 1700. The summed E-state index contributed by atoms with van der Waals surface area (Å²) in [6.45, 7) is 0. The van der Waals surface area contributed by atoms with Crippen LogP contribution in [-0.4, -0.2) is 37.3 Å². The molecule has 0 bridgehead atoms. The Morgan fingerprint density at radius 3 is 2.54 bits per heavy atom. The number of halogens is 1. The van der Waals surface area contributed by atoms with Crippen molar-refractivity contribution in [2.24, 2.45) is 5.14 Å². The van der Waals surface area contributed by atoms with Gasteiger partial charge in [-0.3, -0.25) is 19.5 Å². The molecule has 37 heavy (non-hydrogen) atoms. The van der Waals surface area contributed by atoms with Crippen LogP contribution in [0, 0.1) is 0 Å². The average molecular weight is 540 g/mol. The Hall–Kier alpha value is -4.19. The van der Waals surface area contributed by atoms with Gasteiger partial charge in [-0.25, -0.2) is 13.6 Å². The molecule has 0 fully saturated rings. The van der Waals surface area contributed by atoms with Gasteiger partial charge in [-0.15, -0.1) is 0 Å². The molecule has 3 heterocycles. The summed E-state index contributed by atoms with van der Waals surface area (Å²) < 4.78 is 34.4. The summed E-state index contributed by atoms with van der Waals surface area (Å²) in [5.74, 6) is -2.22. The van der Waals surface area contributed by atoms with E-state index in [1.165, 1.54) is 60.8 Å². The highest BCUT2D eigenvalue weighted by Gasteiger charge is 2.45. The van der Waals surface area contributed by atoms with Crippen LogP contribution in [0.3, 0.4) is 0 Å². The van der Waals surface area contributed by atoms with Gasteiger partial charge in [-0.05, 0) is 48.0 Å². The molecule has 1 amide bonds. The maximum atomic E-state index is 13.7. The van der Waals surface area contributed by atoms with Gasteiger partial charge in [0.05, 0.1) is 23.6 Å². The van der Waals surface area contributed by atoms with Crippen LogP contribution in [0.1, 0.15) is 22.2 Å². The SMILES string of the molecule is COc1cc(Cl)cc2cc(C(=O)C3=C(O)C(=O)N(c4ccc(S(N)(=O)=O)cc4)C3c3cccnc3)oc12. The monoisotopic (exact) mass is 539 g/mol. The standard InChI is InChI=1S/C25H18ClN3O7S/c1-35-19-11-15(26)9-14-10-18(36-24(14)19)22(30)20-21(13-3-2-8-28-12-13)29(25(32)23(20)31)16-4-6-17(7-5-16)37(27,33)34/h2-12,21,31H,1H3,(H2,27,33,34). The largest absolute Gasteiger partial charge is 0.503 e. The van der Waals surface area contributed by atoms with Gasteiger partial charge >= 0.3 is 0 Å². The van der Waals surface area contributed by atoms with Crippen LogP contribution in [0.5, 0.6) is 5.75 Å². The summed E-state index contributed by atoms with van der Waals surface area (Å²) in [6, 6.07) is 11.9. The van der Waals surface area contributed by atoms with Crippen LogP contribution in [0.4, 0.5) is 5.69 Å². The lowest BCUT2D eigenvalue weighted by Crippen LogP contribution is -2.31. The normalized spacial score (nSPS) is 16.0. The molecule has 3 N–H and O–H groups in total. The minimum atomic E-state index is -3.97. The number of aromatic nitrogens is 1. The summed E-state index contributed by atoms with van der Waals surface area (Å²) in [7, 11) is -2.55. The molecule has 0 radical (unpaired) electrons. The number of aliphatic hydroxyl groups excluding tert-OH is 1. The van der Waals surface area contributed by atoms with Crippen molar-refractivity contribution in [2.75, 3.05) is 12.0 Å². The van der Waals surface area contributed by atoms with Crippen LogP contribution in [0.25, 0.3) is 11.0 Å². The minimum Gasteiger partial charge on any atom is -0.503 e. The van der Waals surface area contributed by atoms with E-state index in [0.717, 1.165) is 0 Å². The zero-order valence-corrected chi connectivity index (χ0v) is 20.7. The molecule has 10 nitrogen and oxygen atoms in total. The number of hydrogen-bond acceptors (Lipinski definition) is 8. The van der Waals surface area contributed by atoms with E-state index in [0.29, 0.717) is 21.7 Å². The molecule has 5 rings (SSSR count). The fourth-order valence-corrected chi connectivity index (χ4v) is 4.97. The van der Waals surface area contributed by atoms with Gasteiger partial charge < -0.3 is 14.3 Å². The molecule has 1 unspecified atom stereocenters. The second kappa shape index (κ2) is 9.04. The van der Waals surface area contributed by atoms with Gasteiger partial charge in [0.1, 0.15) is 0 Å². The number of nitrogens with two attached hydrogens (primary N) is 1. The molecule has 2 aromatic carbocycles. The Labute approximate surface area is 215 Å². The highest BCUT2D eigenvalue weighted by Crippen LogP contribution is 2.43. The van der Waals surface area contributed by atoms with Crippen molar-refractivity contribution in [1.29, 1.82) is 0 Å². The topological polar surface area (TPSA) is 153 Å². The third-order valence-corrected chi connectivity index (χ3v) is 7.03. The lowest BCUT2D eigenvalue weighted by atomic mass is 9.96. The van der Waals surface area contributed by atoms with E-state index in [2.05, 4.69) is 4.98 Å². The second-order valence-electron chi connectivity index (χ2n) is 8.13. The fourth-order valence-electron chi connectivity index (χ4n) is 4.24. The molecular weight excluding hydrogens is 522 g/mol. The number of hydrogen-bond donors (Lipinski definition) is 2. The number of anilines is 1. The van der Waals surface area contributed by atoms with Gasteiger partial charge in [-0.2, -0.15) is 0 Å². The molecule has 0 aliphatic carbocycles. The molecule has 2 aromatic heterocycles. The summed E-state index contributed by atoms with van der Waals surface area (Å²) in [4.78, 5) is 32.1. The van der Waals surface area contributed by atoms with E-state index in [9.17, 15) is 23.1 Å². The molecule has 1 aliphatic heterocycles. The zero-order valence-electron chi connectivity index (χ0n) is 19.1.